The van der Waals surface area contributed by atoms with Crippen molar-refractivity contribution in [2.75, 3.05) is 0 Å². The normalized spacial score (nSPS) is 11.3. The van der Waals surface area contributed by atoms with Crippen LogP contribution < -0.4 is 4.74 Å². The van der Waals surface area contributed by atoms with E-state index in [1.165, 1.54) is 11.3 Å². The maximum absolute atomic E-state index is 12.4. The molecule has 0 saturated heterocycles. The third-order valence-electron chi connectivity index (χ3n) is 3.00. The number of nitriles is 1. The predicted molar refractivity (Wildman–Crippen MR) is 89.2 cm³/mol. The van der Waals surface area contributed by atoms with Gasteiger partial charge in [0.2, 0.25) is 5.78 Å². The fourth-order valence-corrected chi connectivity index (χ4v) is 2.84. The summed E-state index contributed by atoms with van der Waals surface area (Å²) in [6.07, 6.45) is 1.72. The molecular formula is C18H17NO2S. The van der Waals surface area contributed by atoms with Crippen LogP contribution in [-0.2, 0) is 0 Å². The molecule has 1 heterocycles. The Bertz CT molecular complexity index is 733. The molecule has 0 bridgehead atoms. The number of carbonyl (C=O) groups excluding carboxylic acids is 1. The van der Waals surface area contributed by atoms with Crippen LogP contribution in [0.3, 0.4) is 0 Å². The lowest BCUT2D eigenvalue weighted by atomic mass is 10.1. The van der Waals surface area contributed by atoms with E-state index >= 15 is 0 Å². The Morgan fingerprint density at radius 3 is 2.45 bits per heavy atom. The molecule has 22 heavy (non-hydrogen) atoms. The maximum Gasteiger partial charge on any atom is 0.213 e. The van der Waals surface area contributed by atoms with Crippen molar-refractivity contribution in [3.63, 3.8) is 0 Å². The lowest BCUT2D eigenvalue weighted by Crippen LogP contribution is -2.05. The first-order valence-electron chi connectivity index (χ1n) is 6.98. The first-order valence-corrected chi connectivity index (χ1v) is 7.86. The zero-order valence-electron chi connectivity index (χ0n) is 12.8. The molecule has 0 unspecified atom stereocenters. The van der Waals surface area contributed by atoms with E-state index in [1.807, 2.05) is 62.6 Å². The Hall–Kier alpha value is -2.38. The largest absolute Gasteiger partial charge is 0.491 e. The molecule has 0 aliphatic rings. The van der Waals surface area contributed by atoms with E-state index in [1.54, 1.807) is 6.08 Å². The average Bonchev–Trinajstić information content (AvgIpc) is 2.91. The van der Waals surface area contributed by atoms with E-state index in [-0.39, 0.29) is 17.5 Å². The van der Waals surface area contributed by atoms with Gasteiger partial charge in [0, 0.05) is 0 Å². The molecule has 3 nitrogen and oxygen atoms in total. The number of Topliss-reactive ketones (excluding diaryl/α,β-unsaturated/α-hetero) is 1. The second-order valence-electron chi connectivity index (χ2n) is 5.17. The number of ketones is 1. The topological polar surface area (TPSA) is 50.1 Å². The van der Waals surface area contributed by atoms with E-state index in [4.69, 9.17) is 4.74 Å². The number of hydrogen-bond donors (Lipinski definition) is 0. The molecule has 0 spiro atoms. The van der Waals surface area contributed by atoms with Crippen LogP contribution in [0.4, 0.5) is 0 Å². The molecule has 2 rings (SSSR count). The first kappa shape index (κ1) is 16.0. The van der Waals surface area contributed by atoms with Crippen LogP contribution in [0.25, 0.3) is 6.08 Å². The van der Waals surface area contributed by atoms with Crippen molar-refractivity contribution < 1.29 is 9.53 Å². The van der Waals surface area contributed by atoms with Gasteiger partial charge in [-0.15, -0.1) is 11.3 Å². The molecule has 0 amide bonds. The van der Waals surface area contributed by atoms with Crippen molar-refractivity contribution in [3.8, 4) is 11.8 Å². The van der Waals surface area contributed by atoms with Gasteiger partial charge < -0.3 is 4.74 Å². The van der Waals surface area contributed by atoms with Crippen molar-refractivity contribution in [3.05, 3.63) is 57.3 Å². The number of carbonyl (C=O) groups is 1. The SMILES string of the molecule is Cc1ccsc1C(=O)/C(C#N)=C/c1ccc(OC(C)C)cc1. The van der Waals surface area contributed by atoms with E-state index in [9.17, 15) is 10.1 Å². The van der Waals surface area contributed by atoms with Gasteiger partial charge in [-0.2, -0.15) is 5.26 Å². The lowest BCUT2D eigenvalue weighted by molar-refractivity contribution is 0.104. The Labute approximate surface area is 134 Å². The third-order valence-corrected chi connectivity index (χ3v) is 4.01. The maximum atomic E-state index is 12.4. The Morgan fingerprint density at radius 2 is 1.95 bits per heavy atom. The van der Waals surface area contributed by atoms with Gasteiger partial charge in [-0.05, 0) is 61.6 Å². The van der Waals surface area contributed by atoms with Gasteiger partial charge in [-0.3, -0.25) is 4.79 Å². The van der Waals surface area contributed by atoms with Crippen LogP contribution >= 0.6 is 11.3 Å². The highest BCUT2D eigenvalue weighted by molar-refractivity contribution is 7.12. The van der Waals surface area contributed by atoms with Gasteiger partial charge in [0.25, 0.3) is 0 Å². The summed E-state index contributed by atoms with van der Waals surface area (Å²) in [6.45, 7) is 5.80. The molecule has 1 aromatic carbocycles. The monoisotopic (exact) mass is 311 g/mol. The van der Waals surface area contributed by atoms with Crippen LogP contribution in [0.5, 0.6) is 5.75 Å². The number of aryl methyl sites for hydroxylation is 1. The van der Waals surface area contributed by atoms with Crippen molar-refractivity contribution in [1.29, 1.82) is 5.26 Å². The van der Waals surface area contributed by atoms with Crippen LogP contribution in [0.15, 0.2) is 41.3 Å². The third kappa shape index (κ3) is 3.84. The molecule has 0 atom stereocenters. The standard InChI is InChI=1S/C18H17NO2S/c1-12(2)21-16-6-4-14(5-7-16)10-15(11-19)17(20)18-13(3)8-9-22-18/h4-10,12H,1-3H3/b15-10+. The fraction of sp³-hybridized carbons (Fsp3) is 0.222. The number of allylic oxidation sites excluding steroid dienone is 1. The second-order valence-corrected chi connectivity index (χ2v) is 6.08. The summed E-state index contributed by atoms with van der Waals surface area (Å²) in [4.78, 5) is 13.0. The molecule has 0 aliphatic heterocycles. The highest BCUT2D eigenvalue weighted by Crippen LogP contribution is 2.21. The zero-order valence-corrected chi connectivity index (χ0v) is 13.6. The summed E-state index contributed by atoms with van der Waals surface area (Å²) < 4.78 is 5.57. The van der Waals surface area contributed by atoms with Crippen molar-refractivity contribution in [2.24, 2.45) is 0 Å². The summed E-state index contributed by atoms with van der Waals surface area (Å²) in [5.41, 5.74) is 1.84. The minimum Gasteiger partial charge on any atom is -0.491 e. The summed E-state index contributed by atoms with van der Waals surface area (Å²) in [6, 6.07) is 11.2. The van der Waals surface area contributed by atoms with Gasteiger partial charge in [0.05, 0.1) is 11.0 Å². The quantitative estimate of drug-likeness (QED) is 0.459. The summed E-state index contributed by atoms with van der Waals surface area (Å²) >= 11 is 1.36. The number of hydrogen-bond acceptors (Lipinski definition) is 4. The molecule has 0 fully saturated rings. The molecule has 0 N–H and O–H groups in total. The smallest absolute Gasteiger partial charge is 0.213 e. The Balaban J connectivity index is 2.24. The van der Waals surface area contributed by atoms with E-state index in [0.29, 0.717) is 4.88 Å². The number of ether oxygens (including phenoxy) is 1. The van der Waals surface area contributed by atoms with Gasteiger partial charge in [-0.1, -0.05) is 12.1 Å². The van der Waals surface area contributed by atoms with Crippen molar-refractivity contribution in [2.45, 2.75) is 26.9 Å². The second kappa shape index (κ2) is 7.06. The summed E-state index contributed by atoms with van der Waals surface area (Å²) in [5.74, 6) is 0.545. The molecule has 4 heteroatoms. The van der Waals surface area contributed by atoms with Gasteiger partial charge in [0.1, 0.15) is 17.4 Å². The Kier molecular flexibility index (Phi) is 5.13. The van der Waals surface area contributed by atoms with Crippen molar-refractivity contribution in [1.82, 2.24) is 0 Å². The van der Waals surface area contributed by atoms with Gasteiger partial charge in [0.15, 0.2) is 0 Å². The van der Waals surface area contributed by atoms with Gasteiger partial charge >= 0.3 is 0 Å². The molecule has 0 radical (unpaired) electrons. The first-order chi connectivity index (χ1) is 10.5. The molecule has 0 saturated carbocycles. The zero-order chi connectivity index (χ0) is 16.1. The minimum absolute atomic E-state index is 0.111. The minimum atomic E-state index is -0.225. The fourth-order valence-electron chi connectivity index (χ4n) is 1.96. The molecule has 2 aromatic rings. The highest BCUT2D eigenvalue weighted by atomic mass is 32.1. The molecular weight excluding hydrogens is 294 g/mol. The average molecular weight is 311 g/mol. The summed E-state index contributed by atoms with van der Waals surface area (Å²) in [5, 5.41) is 11.1. The van der Waals surface area contributed by atoms with Crippen LogP contribution in [0.2, 0.25) is 0 Å². The van der Waals surface area contributed by atoms with E-state index in [0.717, 1.165) is 16.9 Å². The number of rotatable bonds is 5. The van der Waals surface area contributed by atoms with E-state index < -0.39 is 0 Å². The number of thiophene rings is 1. The molecule has 112 valence electrons. The number of benzene rings is 1. The van der Waals surface area contributed by atoms with Gasteiger partial charge in [-0.25, -0.2) is 0 Å². The molecule has 0 aliphatic carbocycles. The lowest BCUT2D eigenvalue weighted by Gasteiger charge is -2.09. The van der Waals surface area contributed by atoms with Crippen LogP contribution in [0.1, 0.15) is 34.6 Å². The van der Waals surface area contributed by atoms with Crippen LogP contribution in [-0.4, -0.2) is 11.9 Å². The van der Waals surface area contributed by atoms with Crippen LogP contribution in [0, 0.1) is 18.3 Å². The summed E-state index contributed by atoms with van der Waals surface area (Å²) in [7, 11) is 0. The molecule has 1 aromatic heterocycles. The number of nitrogens with zero attached hydrogens (tertiary/aromatic N) is 1. The Morgan fingerprint density at radius 1 is 1.27 bits per heavy atom. The van der Waals surface area contributed by atoms with E-state index in [2.05, 4.69) is 0 Å². The predicted octanol–water partition coefficient (Wildman–Crippen LogP) is 4.63. The van der Waals surface area contributed by atoms with Crippen molar-refractivity contribution >= 4 is 23.2 Å². The highest BCUT2D eigenvalue weighted by Gasteiger charge is 2.15.